The van der Waals surface area contributed by atoms with Crippen molar-refractivity contribution in [2.24, 2.45) is 0 Å². The molecule has 2 N–H and O–H groups in total. The number of likely N-dealkylation sites (N-methyl/N-ethyl adjacent to an activating group) is 1. The van der Waals surface area contributed by atoms with Gasteiger partial charge < -0.3 is 20.3 Å². The fraction of sp³-hybridized carbons (Fsp3) is 0.353. The van der Waals surface area contributed by atoms with Gasteiger partial charge in [-0.2, -0.15) is 0 Å². The molecular weight excluding hydrogens is 310 g/mol. The minimum Gasteiger partial charge on any atom is -0.497 e. The number of carbonyl (C=O) groups is 1. The van der Waals surface area contributed by atoms with Gasteiger partial charge in [0, 0.05) is 18.0 Å². The normalized spacial score (nSPS) is 20.3. The van der Waals surface area contributed by atoms with Crippen molar-refractivity contribution in [1.29, 1.82) is 0 Å². The van der Waals surface area contributed by atoms with Crippen molar-refractivity contribution in [2.75, 3.05) is 26.0 Å². The van der Waals surface area contributed by atoms with E-state index in [0.717, 1.165) is 41.4 Å². The van der Waals surface area contributed by atoms with E-state index in [1.807, 2.05) is 24.3 Å². The third kappa shape index (κ3) is 2.48. The summed E-state index contributed by atoms with van der Waals surface area (Å²) in [7, 11) is 3.77. The van der Waals surface area contributed by atoms with Crippen LogP contribution in [0.3, 0.4) is 0 Å². The zero-order chi connectivity index (χ0) is 16.0. The third-order valence-electron chi connectivity index (χ3n) is 4.45. The highest BCUT2D eigenvalue weighted by Gasteiger charge is 2.32. The summed E-state index contributed by atoms with van der Waals surface area (Å²) in [6, 6.07) is 7.78. The number of nitrogens with zero attached hydrogens (tertiary/aromatic N) is 1. The van der Waals surface area contributed by atoms with Crippen LogP contribution >= 0.6 is 11.3 Å². The van der Waals surface area contributed by atoms with Crippen LogP contribution in [0.2, 0.25) is 0 Å². The van der Waals surface area contributed by atoms with Crippen LogP contribution in [0.25, 0.3) is 0 Å². The summed E-state index contributed by atoms with van der Waals surface area (Å²) >= 11 is 1.71. The van der Waals surface area contributed by atoms with E-state index in [1.54, 1.807) is 18.4 Å². The van der Waals surface area contributed by atoms with E-state index in [9.17, 15) is 4.79 Å². The van der Waals surface area contributed by atoms with Gasteiger partial charge in [-0.15, -0.1) is 11.3 Å². The summed E-state index contributed by atoms with van der Waals surface area (Å²) in [5.41, 5.74) is 3.06. The molecule has 0 fully saturated rings. The molecule has 6 heteroatoms. The molecule has 1 amide bonds. The van der Waals surface area contributed by atoms with Crippen molar-refractivity contribution in [1.82, 2.24) is 10.2 Å². The molecule has 4 rings (SSSR count). The lowest BCUT2D eigenvalue weighted by Crippen LogP contribution is -2.38. The summed E-state index contributed by atoms with van der Waals surface area (Å²) in [5.74, 6) is 0.810. The number of hydrogen-bond donors (Lipinski definition) is 2. The van der Waals surface area contributed by atoms with Gasteiger partial charge in [-0.25, -0.2) is 0 Å². The molecule has 5 nitrogen and oxygen atoms in total. The lowest BCUT2D eigenvalue weighted by Gasteiger charge is -2.27. The molecule has 2 aromatic rings. The minimum atomic E-state index is -0.220. The molecule has 0 saturated heterocycles. The quantitative estimate of drug-likeness (QED) is 0.889. The zero-order valence-electron chi connectivity index (χ0n) is 13.2. The Morgan fingerprint density at radius 3 is 3.04 bits per heavy atom. The Balaban J connectivity index is 1.68. The standard InChI is InChI=1S/C17H19N3O2S/c1-20-7-6-12-13(9-20)23-17-14(12)16(21)18-15(19-17)10-4-3-5-11(8-10)22-2/h3-5,8,15,19H,6-7,9H2,1-2H3,(H,18,21)/t15-/m1/s1. The van der Waals surface area contributed by atoms with E-state index in [0.29, 0.717) is 0 Å². The van der Waals surface area contributed by atoms with Gasteiger partial charge in [-0.1, -0.05) is 12.1 Å². The van der Waals surface area contributed by atoms with Gasteiger partial charge in [0.25, 0.3) is 5.91 Å². The van der Waals surface area contributed by atoms with Gasteiger partial charge in [0.05, 0.1) is 12.7 Å². The topological polar surface area (TPSA) is 53.6 Å². The van der Waals surface area contributed by atoms with E-state index < -0.39 is 0 Å². The molecule has 1 atom stereocenters. The van der Waals surface area contributed by atoms with Crippen LogP contribution in [0.15, 0.2) is 24.3 Å². The number of methoxy groups -OCH3 is 1. The molecule has 120 valence electrons. The van der Waals surface area contributed by atoms with Crippen LogP contribution in [0.1, 0.15) is 32.5 Å². The fourth-order valence-corrected chi connectivity index (χ4v) is 4.58. The lowest BCUT2D eigenvalue weighted by atomic mass is 10.0. The first kappa shape index (κ1) is 14.5. The Morgan fingerprint density at radius 1 is 1.35 bits per heavy atom. The second-order valence-corrected chi connectivity index (χ2v) is 7.13. The molecule has 0 saturated carbocycles. The Bertz CT molecular complexity index is 771. The number of amides is 1. The maximum absolute atomic E-state index is 12.6. The van der Waals surface area contributed by atoms with Crippen LogP contribution in [-0.2, 0) is 13.0 Å². The molecule has 3 heterocycles. The molecule has 23 heavy (non-hydrogen) atoms. The fourth-order valence-electron chi connectivity index (χ4n) is 3.23. The Morgan fingerprint density at radius 2 is 2.22 bits per heavy atom. The molecule has 0 bridgehead atoms. The van der Waals surface area contributed by atoms with Gasteiger partial charge in [-0.05, 0) is 36.7 Å². The smallest absolute Gasteiger partial charge is 0.256 e. The Labute approximate surface area is 139 Å². The van der Waals surface area contributed by atoms with E-state index in [2.05, 4.69) is 22.6 Å². The maximum atomic E-state index is 12.6. The number of rotatable bonds is 2. The molecule has 1 aromatic carbocycles. The van der Waals surface area contributed by atoms with Crippen molar-refractivity contribution in [3.05, 3.63) is 45.8 Å². The van der Waals surface area contributed by atoms with Crippen molar-refractivity contribution >= 4 is 22.2 Å². The Hall–Kier alpha value is -2.05. The first-order valence-electron chi connectivity index (χ1n) is 7.70. The van der Waals surface area contributed by atoms with Crippen LogP contribution in [-0.4, -0.2) is 31.5 Å². The summed E-state index contributed by atoms with van der Waals surface area (Å²) in [6.07, 6.45) is 0.722. The van der Waals surface area contributed by atoms with Gasteiger partial charge in [-0.3, -0.25) is 4.79 Å². The second-order valence-electron chi connectivity index (χ2n) is 6.02. The highest BCUT2D eigenvalue weighted by molar-refractivity contribution is 7.16. The molecule has 0 radical (unpaired) electrons. The molecule has 1 aromatic heterocycles. The highest BCUT2D eigenvalue weighted by Crippen LogP contribution is 2.40. The molecule has 2 aliphatic rings. The van der Waals surface area contributed by atoms with Crippen LogP contribution in [0.4, 0.5) is 5.00 Å². The average Bonchev–Trinajstić information content (AvgIpc) is 2.92. The molecular formula is C17H19N3O2S. The van der Waals surface area contributed by atoms with Gasteiger partial charge >= 0.3 is 0 Å². The van der Waals surface area contributed by atoms with E-state index in [1.165, 1.54) is 10.4 Å². The molecule has 0 spiro atoms. The lowest BCUT2D eigenvalue weighted by molar-refractivity contribution is 0.0935. The number of carbonyl (C=O) groups excluding carboxylic acids is 1. The molecule has 0 aliphatic carbocycles. The largest absolute Gasteiger partial charge is 0.497 e. The predicted molar refractivity (Wildman–Crippen MR) is 91.2 cm³/mol. The zero-order valence-corrected chi connectivity index (χ0v) is 14.0. The minimum absolute atomic E-state index is 0.0219. The van der Waals surface area contributed by atoms with Crippen molar-refractivity contribution < 1.29 is 9.53 Å². The SMILES string of the molecule is COc1cccc([C@@H]2NC(=O)c3c(sc4c3CCN(C)C4)N2)c1. The number of nitrogens with one attached hydrogen (secondary N) is 2. The summed E-state index contributed by atoms with van der Waals surface area (Å²) in [4.78, 5) is 16.2. The predicted octanol–water partition coefficient (Wildman–Crippen LogP) is 2.60. The van der Waals surface area contributed by atoms with Crippen LogP contribution in [0, 0.1) is 0 Å². The van der Waals surface area contributed by atoms with Crippen LogP contribution < -0.4 is 15.4 Å². The number of anilines is 1. The average molecular weight is 329 g/mol. The van der Waals surface area contributed by atoms with E-state index >= 15 is 0 Å². The second kappa shape index (κ2) is 5.54. The maximum Gasteiger partial charge on any atom is 0.256 e. The summed E-state index contributed by atoms with van der Waals surface area (Å²) in [5, 5.41) is 7.54. The van der Waals surface area contributed by atoms with Gasteiger partial charge in [0.2, 0.25) is 0 Å². The van der Waals surface area contributed by atoms with Crippen molar-refractivity contribution in [3.63, 3.8) is 0 Å². The van der Waals surface area contributed by atoms with Crippen molar-refractivity contribution in [3.8, 4) is 5.75 Å². The molecule has 2 aliphatic heterocycles. The number of hydrogen-bond acceptors (Lipinski definition) is 5. The number of ether oxygens (including phenoxy) is 1. The van der Waals surface area contributed by atoms with E-state index in [4.69, 9.17) is 4.74 Å². The number of benzene rings is 1. The highest BCUT2D eigenvalue weighted by atomic mass is 32.1. The third-order valence-corrected chi connectivity index (χ3v) is 5.60. The summed E-state index contributed by atoms with van der Waals surface area (Å²) in [6.45, 7) is 1.93. The first-order valence-corrected chi connectivity index (χ1v) is 8.52. The summed E-state index contributed by atoms with van der Waals surface area (Å²) < 4.78 is 5.28. The van der Waals surface area contributed by atoms with E-state index in [-0.39, 0.29) is 12.1 Å². The molecule has 0 unspecified atom stereocenters. The monoisotopic (exact) mass is 329 g/mol. The van der Waals surface area contributed by atoms with Crippen LogP contribution in [0.5, 0.6) is 5.75 Å². The van der Waals surface area contributed by atoms with Crippen molar-refractivity contribution in [2.45, 2.75) is 19.1 Å². The van der Waals surface area contributed by atoms with Gasteiger partial charge in [0.15, 0.2) is 0 Å². The number of thiophene rings is 1. The first-order chi connectivity index (χ1) is 11.2. The number of fused-ring (bicyclic) bond motifs is 3. The Kier molecular flexibility index (Phi) is 3.50. The van der Waals surface area contributed by atoms with Gasteiger partial charge in [0.1, 0.15) is 16.9 Å².